The number of rotatable bonds is 6. The summed E-state index contributed by atoms with van der Waals surface area (Å²) < 4.78 is 10.7. The molecular formula is C25H28Cl2N4O5. The zero-order valence-electron chi connectivity index (χ0n) is 20.3. The van der Waals surface area contributed by atoms with Crippen molar-refractivity contribution in [2.75, 3.05) is 39.8 Å². The highest BCUT2D eigenvalue weighted by Gasteiger charge is 2.39. The maximum atomic E-state index is 13.2. The first-order valence-electron chi connectivity index (χ1n) is 11.7. The Morgan fingerprint density at radius 3 is 2.64 bits per heavy atom. The smallest absolute Gasteiger partial charge is 0.338 e. The summed E-state index contributed by atoms with van der Waals surface area (Å²) in [5, 5.41) is 3.43. The first-order chi connectivity index (χ1) is 17.2. The molecule has 1 fully saturated rings. The number of carbonyl (C=O) groups excluding carboxylic acids is 3. The molecule has 2 aromatic rings. The standard InChI is InChI=1S/C25H28Cl2N4O5/c1-4-35-24(33)20-18(29(3)25(34)28-22(20)16-7-5-8-17(26)21(16)27)14-30-10-11-31(15(2)13-30)23(32)19-9-6-12-36-19/h5-9,12,15,22H,4,10-11,13-14H2,1-3H3,(H,28,34). The van der Waals surface area contributed by atoms with E-state index in [-0.39, 0.29) is 29.6 Å². The van der Waals surface area contributed by atoms with Crippen molar-refractivity contribution in [3.63, 3.8) is 0 Å². The lowest BCUT2D eigenvalue weighted by Gasteiger charge is -2.42. The molecule has 2 aliphatic rings. The van der Waals surface area contributed by atoms with Crippen LogP contribution in [0, 0.1) is 0 Å². The van der Waals surface area contributed by atoms with Crippen molar-refractivity contribution in [2.45, 2.75) is 25.9 Å². The minimum atomic E-state index is -0.826. The number of furan rings is 1. The molecule has 11 heteroatoms. The predicted molar refractivity (Wildman–Crippen MR) is 135 cm³/mol. The second-order valence-electron chi connectivity index (χ2n) is 8.73. The van der Waals surface area contributed by atoms with Crippen LogP contribution in [0.3, 0.4) is 0 Å². The second kappa shape index (κ2) is 10.9. The van der Waals surface area contributed by atoms with E-state index < -0.39 is 12.0 Å². The summed E-state index contributed by atoms with van der Waals surface area (Å²) in [5.41, 5.74) is 1.31. The number of amides is 3. The molecule has 1 aromatic heterocycles. The minimum Gasteiger partial charge on any atom is -0.463 e. The van der Waals surface area contributed by atoms with Crippen LogP contribution in [0.4, 0.5) is 4.79 Å². The molecule has 192 valence electrons. The van der Waals surface area contributed by atoms with Gasteiger partial charge in [0.25, 0.3) is 5.91 Å². The van der Waals surface area contributed by atoms with Crippen molar-refractivity contribution in [3.8, 4) is 0 Å². The maximum absolute atomic E-state index is 13.2. The van der Waals surface area contributed by atoms with E-state index in [1.807, 2.05) is 6.92 Å². The van der Waals surface area contributed by atoms with Gasteiger partial charge in [0, 0.05) is 45.0 Å². The molecule has 0 radical (unpaired) electrons. The van der Waals surface area contributed by atoms with Gasteiger partial charge in [0.2, 0.25) is 0 Å². The SMILES string of the molecule is CCOC(=O)C1=C(CN2CCN(C(=O)c3ccco3)C(C)C2)N(C)C(=O)NC1c1cccc(Cl)c1Cl. The number of benzene rings is 1. The van der Waals surface area contributed by atoms with Gasteiger partial charge in [0.1, 0.15) is 0 Å². The Bertz CT molecular complexity index is 1180. The number of carbonyl (C=O) groups is 3. The molecule has 0 saturated carbocycles. The molecule has 0 bridgehead atoms. The Kier molecular flexibility index (Phi) is 7.92. The van der Waals surface area contributed by atoms with Gasteiger partial charge in [-0.3, -0.25) is 14.6 Å². The number of esters is 1. The van der Waals surface area contributed by atoms with E-state index in [0.29, 0.717) is 53.8 Å². The summed E-state index contributed by atoms with van der Waals surface area (Å²) in [6.45, 7) is 5.73. The zero-order chi connectivity index (χ0) is 26.0. The summed E-state index contributed by atoms with van der Waals surface area (Å²) >= 11 is 12.7. The zero-order valence-corrected chi connectivity index (χ0v) is 21.8. The number of urea groups is 1. The Hall–Kier alpha value is -3.01. The minimum absolute atomic E-state index is 0.108. The van der Waals surface area contributed by atoms with E-state index >= 15 is 0 Å². The molecule has 2 unspecified atom stereocenters. The number of hydrogen-bond donors (Lipinski definition) is 1. The summed E-state index contributed by atoms with van der Waals surface area (Å²) in [6, 6.07) is 7.11. The molecule has 3 heterocycles. The van der Waals surface area contributed by atoms with Crippen molar-refractivity contribution in [1.29, 1.82) is 0 Å². The Balaban J connectivity index is 1.65. The molecule has 4 rings (SSSR count). The van der Waals surface area contributed by atoms with Crippen LogP contribution in [-0.4, -0.2) is 78.5 Å². The van der Waals surface area contributed by atoms with E-state index in [4.69, 9.17) is 32.4 Å². The fourth-order valence-electron chi connectivity index (χ4n) is 4.61. The number of ether oxygens (including phenoxy) is 1. The molecule has 36 heavy (non-hydrogen) atoms. The first kappa shape index (κ1) is 26.1. The van der Waals surface area contributed by atoms with Crippen LogP contribution in [-0.2, 0) is 9.53 Å². The monoisotopic (exact) mass is 534 g/mol. The Morgan fingerprint density at radius 1 is 1.19 bits per heavy atom. The Labute approximate surface area is 219 Å². The number of likely N-dealkylation sites (N-methyl/N-ethyl adjacent to an activating group) is 1. The second-order valence-corrected chi connectivity index (χ2v) is 9.51. The first-order valence-corrected chi connectivity index (χ1v) is 12.4. The molecule has 9 nitrogen and oxygen atoms in total. The molecule has 0 aliphatic carbocycles. The van der Waals surface area contributed by atoms with Gasteiger partial charge in [-0.25, -0.2) is 9.59 Å². The normalized spacial score (nSPS) is 21.0. The Morgan fingerprint density at radius 2 is 1.97 bits per heavy atom. The summed E-state index contributed by atoms with van der Waals surface area (Å²) in [4.78, 5) is 44.3. The molecule has 2 aliphatic heterocycles. The lowest BCUT2D eigenvalue weighted by molar-refractivity contribution is -0.139. The quantitative estimate of drug-likeness (QED) is 0.563. The molecular weight excluding hydrogens is 507 g/mol. The summed E-state index contributed by atoms with van der Waals surface area (Å²) in [7, 11) is 1.61. The van der Waals surface area contributed by atoms with Gasteiger partial charge in [0.15, 0.2) is 5.76 Å². The van der Waals surface area contributed by atoms with E-state index in [9.17, 15) is 14.4 Å². The number of nitrogens with zero attached hydrogens (tertiary/aromatic N) is 3. The summed E-state index contributed by atoms with van der Waals surface area (Å²) in [6.07, 6.45) is 1.48. The lowest BCUT2D eigenvalue weighted by Crippen LogP contribution is -2.56. The van der Waals surface area contributed by atoms with Crippen molar-refractivity contribution in [3.05, 3.63) is 69.2 Å². The van der Waals surface area contributed by atoms with Gasteiger partial charge in [-0.1, -0.05) is 35.3 Å². The average Bonchev–Trinajstić information content (AvgIpc) is 3.38. The number of halogens is 2. The molecule has 1 N–H and O–H groups in total. The lowest BCUT2D eigenvalue weighted by atomic mass is 9.94. The van der Waals surface area contributed by atoms with Crippen molar-refractivity contribution in [1.82, 2.24) is 20.0 Å². The topological polar surface area (TPSA) is 95.3 Å². The van der Waals surface area contributed by atoms with Crippen molar-refractivity contribution < 1.29 is 23.5 Å². The van der Waals surface area contributed by atoms with Crippen LogP contribution in [0.25, 0.3) is 0 Å². The van der Waals surface area contributed by atoms with E-state index in [1.165, 1.54) is 11.2 Å². The van der Waals surface area contributed by atoms with E-state index in [1.54, 1.807) is 49.2 Å². The third-order valence-corrected chi connectivity index (χ3v) is 7.28. The van der Waals surface area contributed by atoms with Crippen LogP contribution >= 0.6 is 23.2 Å². The third-order valence-electron chi connectivity index (χ3n) is 6.44. The van der Waals surface area contributed by atoms with Gasteiger partial charge in [-0.15, -0.1) is 0 Å². The number of hydrogen-bond acceptors (Lipinski definition) is 6. The molecule has 0 spiro atoms. The largest absolute Gasteiger partial charge is 0.463 e. The highest BCUT2D eigenvalue weighted by atomic mass is 35.5. The fourth-order valence-corrected chi connectivity index (χ4v) is 5.02. The van der Waals surface area contributed by atoms with Gasteiger partial charge < -0.3 is 19.4 Å². The van der Waals surface area contributed by atoms with Crippen molar-refractivity contribution >= 4 is 41.1 Å². The molecule has 1 saturated heterocycles. The van der Waals surface area contributed by atoms with Crippen LogP contribution in [0.1, 0.15) is 36.0 Å². The van der Waals surface area contributed by atoms with Gasteiger partial charge in [-0.05, 0) is 37.6 Å². The number of piperazine rings is 1. The molecule has 3 amide bonds. The highest BCUT2D eigenvalue weighted by molar-refractivity contribution is 6.42. The molecule has 2 atom stereocenters. The predicted octanol–water partition coefficient (Wildman–Crippen LogP) is 3.95. The number of nitrogens with one attached hydrogen (secondary N) is 1. The average molecular weight is 535 g/mol. The molecule has 1 aromatic carbocycles. The third kappa shape index (κ3) is 5.09. The van der Waals surface area contributed by atoms with Crippen molar-refractivity contribution in [2.24, 2.45) is 0 Å². The van der Waals surface area contributed by atoms with Gasteiger partial charge in [0.05, 0.1) is 34.5 Å². The maximum Gasteiger partial charge on any atom is 0.338 e. The van der Waals surface area contributed by atoms with Gasteiger partial charge in [-0.2, -0.15) is 0 Å². The van der Waals surface area contributed by atoms with Crippen LogP contribution in [0.15, 0.2) is 52.3 Å². The van der Waals surface area contributed by atoms with Crippen LogP contribution in [0.2, 0.25) is 10.0 Å². The highest BCUT2D eigenvalue weighted by Crippen LogP contribution is 2.37. The van der Waals surface area contributed by atoms with Crippen LogP contribution < -0.4 is 5.32 Å². The van der Waals surface area contributed by atoms with Gasteiger partial charge >= 0.3 is 12.0 Å². The fraction of sp³-hybridized carbons (Fsp3) is 0.400. The summed E-state index contributed by atoms with van der Waals surface area (Å²) in [5.74, 6) is -0.406. The van der Waals surface area contributed by atoms with Crippen LogP contribution in [0.5, 0.6) is 0 Å². The van der Waals surface area contributed by atoms with E-state index in [0.717, 1.165) is 0 Å². The van der Waals surface area contributed by atoms with E-state index in [2.05, 4.69) is 10.2 Å².